The van der Waals surface area contributed by atoms with Crippen LogP contribution in [0.15, 0.2) is 29.4 Å². The molecule has 0 aliphatic carbocycles. The van der Waals surface area contributed by atoms with Crippen LogP contribution >= 0.6 is 23.8 Å². The molecule has 15 heavy (non-hydrogen) atoms. The van der Waals surface area contributed by atoms with Crippen LogP contribution < -0.4 is 5.43 Å². The summed E-state index contributed by atoms with van der Waals surface area (Å²) in [5, 5.41) is 4.86. The summed E-state index contributed by atoms with van der Waals surface area (Å²) in [7, 11) is 0. The minimum Gasteiger partial charge on any atom is -0.272 e. The molecule has 0 saturated carbocycles. The highest BCUT2D eigenvalue weighted by molar-refractivity contribution is 7.80. The fourth-order valence-electron chi connectivity index (χ4n) is 1.04. The average molecular weight is 241 g/mol. The van der Waals surface area contributed by atoms with E-state index in [0.29, 0.717) is 5.02 Å². The van der Waals surface area contributed by atoms with Gasteiger partial charge >= 0.3 is 0 Å². The summed E-state index contributed by atoms with van der Waals surface area (Å²) >= 11 is 11.0. The van der Waals surface area contributed by atoms with Crippen molar-refractivity contribution in [3.05, 3.63) is 34.9 Å². The zero-order valence-corrected chi connectivity index (χ0v) is 10.3. The van der Waals surface area contributed by atoms with Crippen molar-refractivity contribution in [1.82, 2.24) is 5.43 Å². The molecule has 0 aromatic heterocycles. The zero-order valence-electron chi connectivity index (χ0n) is 8.75. The largest absolute Gasteiger partial charge is 0.272 e. The van der Waals surface area contributed by atoms with Crippen LogP contribution in [0.5, 0.6) is 0 Å². The SMILES string of the molecule is CCC(=S)NN=C(C)c1ccccc1Cl. The van der Waals surface area contributed by atoms with Crippen molar-refractivity contribution in [3.63, 3.8) is 0 Å². The molecule has 0 atom stereocenters. The maximum absolute atomic E-state index is 6.03. The molecule has 4 heteroatoms. The molecule has 0 radical (unpaired) electrons. The van der Waals surface area contributed by atoms with Gasteiger partial charge in [-0.3, -0.25) is 5.43 Å². The van der Waals surface area contributed by atoms with Crippen LogP contribution in [0.2, 0.25) is 5.02 Å². The lowest BCUT2D eigenvalue weighted by atomic mass is 10.1. The number of hydrogen-bond donors (Lipinski definition) is 1. The molecule has 0 amide bonds. The Labute approximate surface area is 100 Å². The van der Waals surface area contributed by atoms with Crippen molar-refractivity contribution in [2.75, 3.05) is 0 Å². The van der Waals surface area contributed by atoms with Crippen molar-refractivity contribution in [2.45, 2.75) is 20.3 Å². The Bertz CT molecular complexity index is 388. The number of nitrogens with zero attached hydrogens (tertiary/aromatic N) is 1. The Balaban J connectivity index is 2.80. The van der Waals surface area contributed by atoms with E-state index >= 15 is 0 Å². The second kappa shape index (κ2) is 5.83. The number of hydrazone groups is 1. The van der Waals surface area contributed by atoms with Crippen LogP contribution in [0.25, 0.3) is 0 Å². The predicted molar refractivity (Wildman–Crippen MR) is 69.7 cm³/mol. The summed E-state index contributed by atoms with van der Waals surface area (Å²) in [6.45, 7) is 3.88. The van der Waals surface area contributed by atoms with Gasteiger partial charge < -0.3 is 0 Å². The third-order valence-corrected chi connectivity index (χ3v) is 2.64. The zero-order chi connectivity index (χ0) is 11.3. The smallest absolute Gasteiger partial charge is 0.0959 e. The molecule has 80 valence electrons. The topological polar surface area (TPSA) is 24.4 Å². The van der Waals surface area contributed by atoms with E-state index < -0.39 is 0 Å². The van der Waals surface area contributed by atoms with Gasteiger partial charge in [-0.15, -0.1) is 0 Å². The molecule has 0 spiro atoms. The van der Waals surface area contributed by atoms with Crippen molar-refractivity contribution < 1.29 is 0 Å². The standard InChI is InChI=1S/C11H13ClN2S/c1-3-11(15)14-13-8(2)9-6-4-5-7-10(9)12/h4-7H,3H2,1-2H3,(H,14,15). The van der Waals surface area contributed by atoms with Crippen molar-refractivity contribution in [1.29, 1.82) is 0 Å². The van der Waals surface area contributed by atoms with Gasteiger partial charge in [0, 0.05) is 10.6 Å². The first-order valence-corrected chi connectivity index (χ1v) is 5.51. The number of nitrogens with one attached hydrogen (secondary N) is 1. The Kier molecular flexibility index (Phi) is 4.72. The van der Waals surface area contributed by atoms with Crippen LogP contribution in [0, 0.1) is 0 Å². The van der Waals surface area contributed by atoms with Crippen LogP contribution in [-0.4, -0.2) is 10.7 Å². The first-order valence-electron chi connectivity index (χ1n) is 4.73. The maximum atomic E-state index is 6.03. The third kappa shape index (κ3) is 3.61. The first kappa shape index (κ1) is 12.1. The number of benzene rings is 1. The number of hydrogen-bond acceptors (Lipinski definition) is 2. The van der Waals surface area contributed by atoms with Gasteiger partial charge in [0.25, 0.3) is 0 Å². The monoisotopic (exact) mass is 240 g/mol. The number of thiocarbonyl (C=S) groups is 1. The maximum Gasteiger partial charge on any atom is 0.0959 e. The van der Waals surface area contributed by atoms with Crippen molar-refractivity contribution in [3.8, 4) is 0 Å². The summed E-state index contributed by atoms with van der Waals surface area (Å²) < 4.78 is 0. The van der Waals surface area contributed by atoms with Crippen molar-refractivity contribution >= 4 is 34.5 Å². The van der Waals surface area contributed by atoms with E-state index in [1.54, 1.807) is 0 Å². The van der Waals surface area contributed by atoms with E-state index in [1.807, 2.05) is 38.1 Å². The van der Waals surface area contributed by atoms with E-state index in [4.69, 9.17) is 23.8 Å². The molecule has 0 unspecified atom stereocenters. The van der Waals surface area contributed by atoms with Gasteiger partial charge in [0.2, 0.25) is 0 Å². The third-order valence-electron chi connectivity index (χ3n) is 1.93. The summed E-state index contributed by atoms with van der Waals surface area (Å²) in [4.78, 5) is 0.724. The van der Waals surface area contributed by atoms with E-state index in [-0.39, 0.29) is 0 Å². The molecule has 0 saturated heterocycles. The highest BCUT2D eigenvalue weighted by Crippen LogP contribution is 2.15. The molecular weight excluding hydrogens is 228 g/mol. The van der Waals surface area contributed by atoms with Gasteiger partial charge in [-0.25, -0.2) is 0 Å². The molecule has 2 nitrogen and oxygen atoms in total. The Morgan fingerprint density at radius 1 is 1.47 bits per heavy atom. The van der Waals surface area contributed by atoms with E-state index in [9.17, 15) is 0 Å². The predicted octanol–water partition coefficient (Wildman–Crippen LogP) is 3.39. The molecule has 0 bridgehead atoms. The van der Waals surface area contributed by atoms with Gasteiger partial charge in [0.05, 0.1) is 10.7 Å². The quantitative estimate of drug-likeness (QED) is 0.498. The second-order valence-electron chi connectivity index (χ2n) is 3.07. The summed E-state index contributed by atoms with van der Waals surface area (Å²) in [6, 6.07) is 7.59. The molecule has 1 aromatic carbocycles. The lowest BCUT2D eigenvalue weighted by Gasteiger charge is -2.04. The summed E-state index contributed by atoms with van der Waals surface area (Å²) in [5.74, 6) is 0. The fourth-order valence-corrected chi connectivity index (χ4v) is 1.36. The highest BCUT2D eigenvalue weighted by atomic mass is 35.5. The molecule has 0 fully saturated rings. The molecule has 1 rings (SSSR count). The van der Waals surface area contributed by atoms with Gasteiger partial charge in [0.1, 0.15) is 0 Å². The lowest BCUT2D eigenvalue weighted by molar-refractivity contribution is 1.00. The van der Waals surface area contributed by atoms with Crippen LogP contribution in [0.1, 0.15) is 25.8 Å². The summed E-state index contributed by atoms with van der Waals surface area (Å²) in [6.07, 6.45) is 0.786. The number of rotatable bonds is 3. The van der Waals surface area contributed by atoms with E-state index in [0.717, 1.165) is 22.7 Å². The fraction of sp³-hybridized carbons (Fsp3) is 0.273. The van der Waals surface area contributed by atoms with Gasteiger partial charge in [-0.2, -0.15) is 5.10 Å². The van der Waals surface area contributed by atoms with E-state index in [2.05, 4.69) is 10.5 Å². The minimum absolute atomic E-state index is 0.697. The minimum atomic E-state index is 0.697. The highest BCUT2D eigenvalue weighted by Gasteiger charge is 2.02. The first-order chi connectivity index (χ1) is 7.15. The molecule has 0 aliphatic rings. The van der Waals surface area contributed by atoms with Crippen LogP contribution in [0.3, 0.4) is 0 Å². The van der Waals surface area contributed by atoms with Crippen LogP contribution in [-0.2, 0) is 0 Å². The van der Waals surface area contributed by atoms with Gasteiger partial charge in [-0.1, -0.05) is 48.9 Å². The normalized spacial score (nSPS) is 11.3. The Morgan fingerprint density at radius 3 is 2.73 bits per heavy atom. The van der Waals surface area contributed by atoms with E-state index in [1.165, 1.54) is 0 Å². The van der Waals surface area contributed by atoms with Crippen molar-refractivity contribution in [2.24, 2.45) is 5.10 Å². The Morgan fingerprint density at radius 2 is 2.13 bits per heavy atom. The second-order valence-corrected chi connectivity index (χ2v) is 3.97. The molecule has 0 aliphatic heterocycles. The molecule has 1 N–H and O–H groups in total. The van der Waals surface area contributed by atoms with Gasteiger partial charge in [0.15, 0.2) is 0 Å². The number of halogens is 1. The molecule has 0 heterocycles. The van der Waals surface area contributed by atoms with Crippen LogP contribution in [0.4, 0.5) is 0 Å². The van der Waals surface area contributed by atoms with Gasteiger partial charge in [-0.05, 0) is 19.4 Å². The average Bonchev–Trinajstić information content (AvgIpc) is 2.26. The summed E-state index contributed by atoms with van der Waals surface area (Å²) in [5.41, 5.74) is 4.57. The molecular formula is C11H13ClN2S. The molecule has 1 aromatic rings. The lowest BCUT2D eigenvalue weighted by Crippen LogP contribution is -2.15. The Hall–Kier alpha value is -0.930.